The number of hydrogen-bond acceptors (Lipinski definition) is 3. The predicted molar refractivity (Wildman–Crippen MR) is 73.7 cm³/mol. The minimum atomic E-state index is -0.0723. The number of fused-ring (bicyclic) bond motifs is 1. The minimum absolute atomic E-state index is 0.0723. The Labute approximate surface area is 112 Å². The third-order valence-corrected chi connectivity index (χ3v) is 2.98. The molecule has 0 N–H and O–H groups in total. The number of nitriles is 1. The Kier molecular flexibility index (Phi) is 3.76. The molecule has 96 valence electrons. The first-order chi connectivity index (χ1) is 9.13. The van der Waals surface area contributed by atoms with Crippen molar-refractivity contribution in [3.8, 4) is 6.07 Å². The molecule has 4 heteroatoms. The van der Waals surface area contributed by atoms with Crippen molar-refractivity contribution in [2.45, 2.75) is 13.3 Å². The zero-order valence-corrected chi connectivity index (χ0v) is 11.1. The third kappa shape index (κ3) is 2.71. The number of nitrogens with zero attached hydrogens (tertiary/aromatic N) is 3. The number of hydrogen-bond donors (Lipinski definition) is 0. The second-order valence-electron chi connectivity index (χ2n) is 4.46. The van der Waals surface area contributed by atoms with Crippen LogP contribution < -0.4 is 0 Å². The lowest BCUT2D eigenvalue weighted by Gasteiger charge is -2.17. The van der Waals surface area contributed by atoms with Crippen LogP contribution in [0.15, 0.2) is 30.3 Å². The summed E-state index contributed by atoms with van der Waals surface area (Å²) in [5.41, 5.74) is 2.28. The van der Waals surface area contributed by atoms with Crippen LogP contribution in [0.1, 0.15) is 22.5 Å². The van der Waals surface area contributed by atoms with Crippen molar-refractivity contribution in [3.05, 3.63) is 41.6 Å². The van der Waals surface area contributed by atoms with E-state index in [1.807, 2.05) is 37.3 Å². The van der Waals surface area contributed by atoms with Crippen LogP contribution in [0.3, 0.4) is 0 Å². The van der Waals surface area contributed by atoms with Gasteiger partial charge < -0.3 is 4.90 Å². The van der Waals surface area contributed by atoms with Gasteiger partial charge in [0.25, 0.3) is 5.91 Å². The second kappa shape index (κ2) is 5.49. The Morgan fingerprint density at radius 1 is 1.42 bits per heavy atom. The molecule has 0 radical (unpaired) electrons. The summed E-state index contributed by atoms with van der Waals surface area (Å²) in [4.78, 5) is 18.4. The van der Waals surface area contributed by atoms with E-state index >= 15 is 0 Å². The molecule has 0 aliphatic rings. The molecule has 0 saturated heterocycles. The van der Waals surface area contributed by atoms with Gasteiger partial charge in [0.05, 0.1) is 23.6 Å². The molecule has 0 fully saturated rings. The van der Waals surface area contributed by atoms with E-state index in [2.05, 4.69) is 4.98 Å². The molecule has 4 nitrogen and oxygen atoms in total. The Hall–Kier alpha value is -2.41. The fourth-order valence-corrected chi connectivity index (χ4v) is 2.01. The van der Waals surface area contributed by atoms with Gasteiger partial charge in [0, 0.05) is 24.7 Å². The zero-order valence-electron chi connectivity index (χ0n) is 11.1. The topological polar surface area (TPSA) is 57.0 Å². The molecule has 2 aromatic rings. The largest absolute Gasteiger partial charge is 0.341 e. The molecular formula is C15H15N3O. The molecular weight excluding hydrogens is 238 g/mol. The number of carbonyl (C=O) groups is 1. The van der Waals surface area contributed by atoms with E-state index in [9.17, 15) is 4.79 Å². The molecule has 0 saturated carbocycles. The molecule has 0 spiro atoms. The first-order valence-corrected chi connectivity index (χ1v) is 6.12. The van der Waals surface area contributed by atoms with Gasteiger partial charge in [0.15, 0.2) is 0 Å². The Morgan fingerprint density at radius 2 is 2.16 bits per heavy atom. The van der Waals surface area contributed by atoms with Gasteiger partial charge in [-0.3, -0.25) is 9.78 Å². The van der Waals surface area contributed by atoms with Crippen molar-refractivity contribution in [1.29, 1.82) is 5.26 Å². The lowest BCUT2D eigenvalue weighted by Crippen LogP contribution is -2.27. The third-order valence-electron chi connectivity index (χ3n) is 2.98. The monoisotopic (exact) mass is 253 g/mol. The fourth-order valence-electron chi connectivity index (χ4n) is 2.01. The van der Waals surface area contributed by atoms with Crippen LogP contribution in [0, 0.1) is 18.3 Å². The summed E-state index contributed by atoms with van der Waals surface area (Å²) in [7, 11) is 1.71. The van der Waals surface area contributed by atoms with Gasteiger partial charge >= 0.3 is 0 Å². The Bertz CT molecular complexity index is 658. The number of amides is 1. The average molecular weight is 253 g/mol. The lowest BCUT2D eigenvalue weighted by molar-refractivity contribution is 0.0800. The SMILES string of the molecule is Cc1cc(C(=O)N(C)CCC#N)c2ccccc2n1. The van der Waals surface area contributed by atoms with Gasteiger partial charge in [0.2, 0.25) is 0 Å². The van der Waals surface area contributed by atoms with E-state index in [1.54, 1.807) is 18.0 Å². The van der Waals surface area contributed by atoms with Crippen molar-refractivity contribution < 1.29 is 4.79 Å². The van der Waals surface area contributed by atoms with Crippen LogP contribution in [0.25, 0.3) is 10.9 Å². The molecule has 1 heterocycles. The summed E-state index contributed by atoms with van der Waals surface area (Å²) in [6, 6.07) is 11.4. The highest BCUT2D eigenvalue weighted by Crippen LogP contribution is 2.19. The predicted octanol–water partition coefficient (Wildman–Crippen LogP) is 2.53. The second-order valence-corrected chi connectivity index (χ2v) is 4.46. The van der Waals surface area contributed by atoms with Crippen molar-refractivity contribution >= 4 is 16.8 Å². The highest BCUT2D eigenvalue weighted by atomic mass is 16.2. The number of aryl methyl sites for hydroxylation is 1. The van der Waals surface area contributed by atoms with Crippen LogP contribution in [0.4, 0.5) is 0 Å². The Morgan fingerprint density at radius 3 is 2.89 bits per heavy atom. The standard InChI is InChI=1S/C15H15N3O/c1-11-10-13(15(19)18(2)9-5-8-16)12-6-3-4-7-14(12)17-11/h3-4,6-7,10H,5,9H2,1-2H3. The summed E-state index contributed by atoms with van der Waals surface area (Å²) < 4.78 is 0. The molecule has 2 rings (SSSR count). The lowest BCUT2D eigenvalue weighted by atomic mass is 10.1. The van der Waals surface area contributed by atoms with Crippen molar-refractivity contribution in [2.24, 2.45) is 0 Å². The summed E-state index contributed by atoms with van der Waals surface area (Å²) in [5, 5.41) is 9.43. The molecule has 0 aliphatic carbocycles. The van der Waals surface area contributed by atoms with Gasteiger partial charge in [-0.2, -0.15) is 5.26 Å². The van der Waals surface area contributed by atoms with Crippen molar-refractivity contribution in [1.82, 2.24) is 9.88 Å². The maximum absolute atomic E-state index is 12.4. The quantitative estimate of drug-likeness (QED) is 0.844. The van der Waals surface area contributed by atoms with Gasteiger partial charge in [-0.05, 0) is 19.1 Å². The molecule has 1 aromatic heterocycles. The van der Waals surface area contributed by atoms with E-state index in [4.69, 9.17) is 5.26 Å². The number of benzene rings is 1. The van der Waals surface area contributed by atoms with Crippen LogP contribution >= 0.6 is 0 Å². The number of para-hydroxylation sites is 1. The van der Waals surface area contributed by atoms with Crippen LogP contribution in [0.2, 0.25) is 0 Å². The van der Waals surface area contributed by atoms with E-state index in [0.29, 0.717) is 18.5 Å². The van der Waals surface area contributed by atoms with Crippen LogP contribution in [-0.2, 0) is 0 Å². The maximum atomic E-state index is 12.4. The van der Waals surface area contributed by atoms with E-state index in [-0.39, 0.29) is 5.91 Å². The van der Waals surface area contributed by atoms with Gasteiger partial charge in [-0.1, -0.05) is 18.2 Å². The Balaban J connectivity index is 2.44. The summed E-state index contributed by atoms with van der Waals surface area (Å²) >= 11 is 0. The molecule has 1 aromatic carbocycles. The normalized spacial score (nSPS) is 10.2. The highest BCUT2D eigenvalue weighted by Gasteiger charge is 2.15. The molecule has 19 heavy (non-hydrogen) atoms. The molecule has 0 bridgehead atoms. The summed E-state index contributed by atoms with van der Waals surface area (Å²) in [6.45, 7) is 2.31. The van der Waals surface area contributed by atoms with Crippen LogP contribution in [0.5, 0.6) is 0 Å². The van der Waals surface area contributed by atoms with Gasteiger partial charge in [-0.25, -0.2) is 0 Å². The van der Waals surface area contributed by atoms with E-state index < -0.39 is 0 Å². The van der Waals surface area contributed by atoms with Gasteiger partial charge in [-0.15, -0.1) is 0 Å². The fraction of sp³-hybridized carbons (Fsp3) is 0.267. The number of aromatic nitrogens is 1. The number of carbonyl (C=O) groups excluding carboxylic acids is 1. The molecule has 0 atom stereocenters. The number of rotatable bonds is 3. The minimum Gasteiger partial charge on any atom is -0.341 e. The highest BCUT2D eigenvalue weighted by molar-refractivity contribution is 6.06. The van der Waals surface area contributed by atoms with Crippen molar-refractivity contribution in [3.63, 3.8) is 0 Å². The van der Waals surface area contributed by atoms with E-state index in [0.717, 1.165) is 16.6 Å². The summed E-state index contributed by atoms with van der Waals surface area (Å²) in [5.74, 6) is -0.0723. The first kappa shape index (κ1) is 13.0. The van der Waals surface area contributed by atoms with Gasteiger partial charge in [0.1, 0.15) is 0 Å². The molecule has 0 aliphatic heterocycles. The molecule has 0 unspecified atom stereocenters. The zero-order chi connectivity index (χ0) is 13.8. The first-order valence-electron chi connectivity index (χ1n) is 6.12. The van der Waals surface area contributed by atoms with Crippen molar-refractivity contribution in [2.75, 3.05) is 13.6 Å². The maximum Gasteiger partial charge on any atom is 0.254 e. The average Bonchev–Trinajstić information content (AvgIpc) is 2.42. The molecule has 1 amide bonds. The smallest absolute Gasteiger partial charge is 0.254 e. The van der Waals surface area contributed by atoms with E-state index in [1.165, 1.54) is 0 Å². The number of pyridine rings is 1. The van der Waals surface area contributed by atoms with Crippen LogP contribution in [-0.4, -0.2) is 29.4 Å². The summed E-state index contributed by atoms with van der Waals surface area (Å²) in [6.07, 6.45) is 0.338.